The number of carbonyl (C=O) groups is 1. The Balaban J connectivity index is 1.86. The van der Waals surface area contributed by atoms with Crippen LogP contribution in [-0.2, 0) is 17.9 Å². The third kappa shape index (κ3) is 4.55. The van der Waals surface area contributed by atoms with Crippen molar-refractivity contribution in [1.29, 1.82) is 0 Å². The molecular formula is C18H29N3O. The van der Waals surface area contributed by atoms with Gasteiger partial charge >= 0.3 is 0 Å². The Morgan fingerprint density at radius 2 is 2.00 bits per heavy atom. The molecule has 0 spiro atoms. The average molecular weight is 303 g/mol. The summed E-state index contributed by atoms with van der Waals surface area (Å²) in [6.07, 6.45) is 0. The lowest BCUT2D eigenvalue weighted by molar-refractivity contribution is -0.126. The molecule has 0 aromatic heterocycles. The van der Waals surface area contributed by atoms with Gasteiger partial charge in [0.25, 0.3) is 0 Å². The van der Waals surface area contributed by atoms with Crippen LogP contribution < -0.4 is 10.6 Å². The van der Waals surface area contributed by atoms with Gasteiger partial charge in [0.1, 0.15) is 0 Å². The predicted molar refractivity (Wildman–Crippen MR) is 90.4 cm³/mol. The van der Waals surface area contributed by atoms with Crippen molar-refractivity contribution >= 4 is 5.91 Å². The molecule has 1 aromatic rings. The van der Waals surface area contributed by atoms with E-state index in [9.17, 15) is 4.79 Å². The molecule has 2 rings (SSSR count). The summed E-state index contributed by atoms with van der Waals surface area (Å²) in [5, 5.41) is 6.29. The van der Waals surface area contributed by atoms with Crippen molar-refractivity contribution in [3.8, 4) is 0 Å². The van der Waals surface area contributed by atoms with Gasteiger partial charge in [-0.3, -0.25) is 9.69 Å². The van der Waals surface area contributed by atoms with Crippen LogP contribution >= 0.6 is 0 Å². The van der Waals surface area contributed by atoms with E-state index in [1.165, 1.54) is 11.1 Å². The first-order valence-corrected chi connectivity index (χ1v) is 8.24. The van der Waals surface area contributed by atoms with E-state index in [0.29, 0.717) is 18.5 Å². The molecule has 2 N–H and O–H groups in total. The van der Waals surface area contributed by atoms with Crippen molar-refractivity contribution in [3.05, 3.63) is 35.4 Å². The number of carbonyl (C=O) groups excluding carboxylic acids is 1. The molecule has 0 radical (unpaired) electrons. The Hall–Kier alpha value is -1.39. The Bertz CT molecular complexity index is 497. The molecule has 1 heterocycles. The lowest BCUT2D eigenvalue weighted by Crippen LogP contribution is -2.49. The van der Waals surface area contributed by atoms with Crippen LogP contribution in [0.1, 0.15) is 31.9 Å². The minimum absolute atomic E-state index is 0.0940. The largest absolute Gasteiger partial charge is 0.352 e. The minimum Gasteiger partial charge on any atom is -0.352 e. The molecule has 1 aliphatic heterocycles. The van der Waals surface area contributed by atoms with Crippen molar-refractivity contribution in [2.45, 2.75) is 39.9 Å². The minimum atomic E-state index is 0.0940. The maximum Gasteiger partial charge on any atom is 0.223 e. The first kappa shape index (κ1) is 17.0. The standard InChI is InChI=1S/C18H29N3O/c1-13(2)21(4)12-16-7-5-6-15(8-16)9-20-18(22)14(3)17-10-19-11-17/h5-8,13-14,17,19H,9-12H2,1-4H3,(H,20,22). The van der Waals surface area contributed by atoms with E-state index < -0.39 is 0 Å². The lowest BCUT2D eigenvalue weighted by atomic mass is 9.88. The van der Waals surface area contributed by atoms with Crippen LogP contribution in [0, 0.1) is 11.8 Å². The zero-order valence-electron chi connectivity index (χ0n) is 14.2. The number of hydrogen-bond acceptors (Lipinski definition) is 3. The summed E-state index contributed by atoms with van der Waals surface area (Å²) in [6, 6.07) is 9.01. The summed E-state index contributed by atoms with van der Waals surface area (Å²) in [6.45, 7) is 9.89. The maximum atomic E-state index is 12.2. The van der Waals surface area contributed by atoms with Gasteiger partial charge in [0.2, 0.25) is 5.91 Å². The molecule has 1 atom stereocenters. The highest BCUT2D eigenvalue weighted by atomic mass is 16.1. The molecule has 4 heteroatoms. The number of amides is 1. The monoisotopic (exact) mass is 303 g/mol. The van der Waals surface area contributed by atoms with Crippen LogP contribution in [-0.4, -0.2) is 37.0 Å². The first-order chi connectivity index (χ1) is 10.5. The SMILES string of the molecule is CC(C(=O)NCc1cccc(CN(C)C(C)C)c1)C1CNC1. The van der Waals surface area contributed by atoms with Gasteiger partial charge in [-0.05, 0) is 51.0 Å². The highest BCUT2D eigenvalue weighted by Gasteiger charge is 2.28. The summed E-state index contributed by atoms with van der Waals surface area (Å²) in [5.41, 5.74) is 2.46. The molecule has 0 bridgehead atoms. The van der Waals surface area contributed by atoms with Crippen LogP contribution in [0.15, 0.2) is 24.3 Å². The zero-order valence-corrected chi connectivity index (χ0v) is 14.2. The summed E-state index contributed by atoms with van der Waals surface area (Å²) in [5.74, 6) is 0.749. The third-order valence-electron chi connectivity index (χ3n) is 4.71. The van der Waals surface area contributed by atoms with Crippen LogP contribution in [0.5, 0.6) is 0 Å². The number of benzene rings is 1. The van der Waals surface area contributed by atoms with E-state index in [2.05, 4.69) is 60.7 Å². The van der Waals surface area contributed by atoms with Crippen molar-refractivity contribution < 1.29 is 4.79 Å². The molecule has 1 aromatic carbocycles. The van der Waals surface area contributed by atoms with Gasteiger partial charge in [0.15, 0.2) is 0 Å². The van der Waals surface area contributed by atoms with E-state index in [1.54, 1.807) is 0 Å². The van der Waals surface area contributed by atoms with E-state index in [1.807, 2.05) is 6.92 Å². The van der Waals surface area contributed by atoms with Gasteiger partial charge in [-0.1, -0.05) is 31.2 Å². The second kappa shape index (κ2) is 7.75. The van der Waals surface area contributed by atoms with Crippen LogP contribution in [0.4, 0.5) is 0 Å². The highest BCUT2D eigenvalue weighted by Crippen LogP contribution is 2.16. The first-order valence-electron chi connectivity index (χ1n) is 8.24. The lowest BCUT2D eigenvalue weighted by Gasteiger charge is -2.31. The van der Waals surface area contributed by atoms with E-state index >= 15 is 0 Å². The Kier molecular flexibility index (Phi) is 5.98. The predicted octanol–water partition coefficient (Wildman–Crippen LogP) is 2.00. The summed E-state index contributed by atoms with van der Waals surface area (Å²) in [7, 11) is 2.13. The highest BCUT2D eigenvalue weighted by molar-refractivity contribution is 5.78. The fourth-order valence-electron chi connectivity index (χ4n) is 2.54. The van der Waals surface area contributed by atoms with Gasteiger partial charge < -0.3 is 10.6 Å². The number of nitrogens with zero attached hydrogens (tertiary/aromatic N) is 1. The van der Waals surface area contributed by atoms with Crippen molar-refractivity contribution in [2.24, 2.45) is 11.8 Å². The zero-order chi connectivity index (χ0) is 16.1. The topological polar surface area (TPSA) is 44.4 Å². The third-order valence-corrected chi connectivity index (χ3v) is 4.71. The molecule has 1 aliphatic rings. The molecule has 1 saturated heterocycles. The Labute approximate surface area is 134 Å². The fourth-order valence-corrected chi connectivity index (χ4v) is 2.54. The van der Waals surface area contributed by atoms with E-state index in [0.717, 1.165) is 19.6 Å². The van der Waals surface area contributed by atoms with E-state index in [-0.39, 0.29) is 11.8 Å². The molecule has 0 aliphatic carbocycles. The van der Waals surface area contributed by atoms with Crippen LogP contribution in [0.2, 0.25) is 0 Å². The Morgan fingerprint density at radius 3 is 2.59 bits per heavy atom. The summed E-state index contributed by atoms with van der Waals surface area (Å²) >= 11 is 0. The van der Waals surface area contributed by atoms with Gasteiger partial charge in [0.05, 0.1) is 0 Å². The molecule has 1 unspecified atom stereocenters. The van der Waals surface area contributed by atoms with Gasteiger partial charge in [0, 0.05) is 25.0 Å². The molecule has 4 nitrogen and oxygen atoms in total. The Morgan fingerprint density at radius 1 is 1.32 bits per heavy atom. The van der Waals surface area contributed by atoms with Crippen molar-refractivity contribution in [2.75, 3.05) is 20.1 Å². The summed E-state index contributed by atoms with van der Waals surface area (Å²) < 4.78 is 0. The number of rotatable bonds is 7. The van der Waals surface area contributed by atoms with Gasteiger partial charge in [-0.15, -0.1) is 0 Å². The number of hydrogen-bond donors (Lipinski definition) is 2. The molecule has 122 valence electrons. The second-order valence-corrected chi connectivity index (χ2v) is 6.75. The molecule has 1 fully saturated rings. The maximum absolute atomic E-state index is 12.2. The normalized spacial score (nSPS) is 16.6. The smallest absolute Gasteiger partial charge is 0.223 e. The van der Waals surface area contributed by atoms with Crippen molar-refractivity contribution in [3.63, 3.8) is 0 Å². The van der Waals surface area contributed by atoms with Crippen molar-refractivity contribution in [1.82, 2.24) is 15.5 Å². The second-order valence-electron chi connectivity index (χ2n) is 6.75. The molecule has 1 amide bonds. The van der Waals surface area contributed by atoms with Crippen LogP contribution in [0.25, 0.3) is 0 Å². The molecular weight excluding hydrogens is 274 g/mol. The quantitative estimate of drug-likeness (QED) is 0.810. The van der Waals surface area contributed by atoms with Gasteiger partial charge in [-0.25, -0.2) is 0 Å². The van der Waals surface area contributed by atoms with Crippen LogP contribution in [0.3, 0.4) is 0 Å². The molecule has 0 saturated carbocycles. The fraction of sp³-hybridized carbons (Fsp3) is 0.611. The van der Waals surface area contributed by atoms with E-state index in [4.69, 9.17) is 0 Å². The average Bonchev–Trinajstić information content (AvgIpc) is 2.43. The van der Waals surface area contributed by atoms with Gasteiger partial charge in [-0.2, -0.15) is 0 Å². The number of nitrogens with one attached hydrogen (secondary N) is 2. The summed E-state index contributed by atoms with van der Waals surface area (Å²) in [4.78, 5) is 14.5. The molecule has 22 heavy (non-hydrogen) atoms.